The topological polar surface area (TPSA) is 104 Å². The SMILES string of the molecule is O=C(O)C[C@H]1CCN(C(=O)c2cccc(COc3ccc(C4CCNN4)nc3)c2)C1. The molecule has 3 heterocycles. The lowest BCUT2D eigenvalue weighted by Gasteiger charge is -2.17. The van der Waals surface area contributed by atoms with E-state index in [1.165, 1.54) is 0 Å². The Labute approximate surface area is 175 Å². The van der Waals surface area contributed by atoms with Gasteiger partial charge in [0.1, 0.15) is 12.4 Å². The number of ether oxygens (including phenoxy) is 1. The van der Waals surface area contributed by atoms with Gasteiger partial charge in [0.05, 0.1) is 17.9 Å². The second-order valence-corrected chi connectivity index (χ2v) is 7.82. The molecule has 0 spiro atoms. The Hall–Kier alpha value is -2.97. The van der Waals surface area contributed by atoms with E-state index in [9.17, 15) is 9.59 Å². The Balaban J connectivity index is 1.33. The highest BCUT2D eigenvalue weighted by Gasteiger charge is 2.28. The highest BCUT2D eigenvalue weighted by Crippen LogP contribution is 2.23. The Morgan fingerprint density at radius 2 is 2.13 bits per heavy atom. The largest absolute Gasteiger partial charge is 0.487 e. The third kappa shape index (κ3) is 4.95. The molecule has 0 radical (unpaired) electrons. The normalized spacial score (nSPS) is 21.0. The van der Waals surface area contributed by atoms with Gasteiger partial charge in [0.15, 0.2) is 0 Å². The van der Waals surface area contributed by atoms with E-state index in [0.29, 0.717) is 31.0 Å². The molecule has 2 aliphatic rings. The van der Waals surface area contributed by atoms with Crippen molar-refractivity contribution in [2.45, 2.75) is 31.9 Å². The van der Waals surface area contributed by atoms with Crippen LogP contribution < -0.4 is 15.6 Å². The molecule has 2 saturated heterocycles. The number of carboxylic acids is 1. The number of rotatable bonds is 7. The van der Waals surface area contributed by atoms with E-state index in [-0.39, 0.29) is 24.3 Å². The number of likely N-dealkylation sites (tertiary alicyclic amines) is 1. The third-order valence-corrected chi connectivity index (χ3v) is 5.57. The minimum Gasteiger partial charge on any atom is -0.487 e. The number of carboxylic acid groups (broad SMARTS) is 1. The molecule has 1 aromatic carbocycles. The number of hydrazine groups is 1. The Kier molecular flexibility index (Phi) is 6.25. The number of amides is 1. The van der Waals surface area contributed by atoms with Gasteiger partial charge in [-0.15, -0.1) is 0 Å². The zero-order chi connectivity index (χ0) is 20.9. The number of nitrogens with one attached hydrogen (secondary N) is 2. The summed E-state index contributed by atoms with van der Waals surface area (Å²) in [4.78, 5) is 29.9. The van der Waals surface area contributed by atoms with Gasteiger partial charge in [0.25, 0.3) is 5.91 Å². The molecule has 2 fully saturated rings. The summed E-state index contributed by atoms with van der Waals surface area (Å²) in [5.74, 6) is -0.165. The van der Waals surface area contributed by atoms with Crippen molar-refractivity contribution in [3.8, 4) is 5.75 Å². The quantitative estimate of drug-likeness (QED) is 0.642. The molecule has 158 valence electrons. The van der Waals surface area contributed by atoms with Gasteiger partial charge in [-0.1, -0.05) is 12.1 Å². The van der Waals surface area contributed by atoms with E-state index in [0.717, 1.165) is 30.6 Å². The highest BCUT2D eigenvalue weighted by molar-refractivity contribution is 5.94. The minimum atomic E-state index is -0.813. The molecular formula is C22H26N4O4. The average molecular weight is 410 g/mol. The van der Waals surface area contributed by atoms with Crippen LogP contribution in [0, 0.1) is 5.92 Å². The van der Waals surface area contributed by atoms with E-state index in [1.807, 2.05) is 30.3 Å². The zero-order valence-corrected chi connectivity index (χ0v) is 16.7. The molecular weight excluding hydrogens is 384 g/mol. The van der Waals surface area contributed by atoms with Crippen molar-refractivity contribution < 1.29 is 19.4 Å². The van der Waals surface area contributed by atoms with Crippen LogP contribution in [0.5, 0.6) is 5.75 Å². The van der Waals surface area contributed by atoms with Gasteiger partial charge >= 0.3 is 5.97 Å². The van der Waals surface area contributed by atoms with Crippen molar-refractivity contribution in [1.82, 2.24) is 20.7 Å². The molecule has 2 aromatic rings. The fourth-order valence-electron chi connectivity index (χ4n) is 3.96. The van der Waals surface area contributed by atoms with Crippen molar-refractivity contribution in [1.29, 1.82) is 0 Å². The number of pyridine rings is 1. The Morgan fingerprint density at radius 1 is 1.23 bits per heavy atom. The van der Waals surface area contributed by atoms with Gasteiger partial charge in [-0.05, 0) is 48.6 Å². The first-order valence-electron chi connectivity index (χ1n) is 10.3. The van der Waals surface area contributed by atoms with E-state index in [1.54, 1.807) is 17.2 Å². The Morgan fingerprint density at radius 3 is 2.87 bits per heavy atom. The van der Waals surface area contributed by atoms with Crippen molar-refractivity contribution in [2.75, 3.05) is 19.6 Å². The molecule has 8 nitrogen and oxygen atoms in total. The van der Waals surface area contributed by atoms with Gasteiger partial charge in [-0.2, -0.15) is 0 Å². The predicted molar refractivity (Wildman–Crippen MR) is 110 cm³/mol. The second-order valence-electron chi connectivity index (χ2n) is 7.82. The molecule has 2 atom stereocenters. The van der Waals surface area contributed by atoms with Crippen LogP contribution in [0.15, 0.2) is 42.6 Å². The lowest BCUT2D eigenvalue weighted by molar-refractivity contribution is -0.138. The number of aliphatic carboxylic acids is 1. The summed E-state index contributed by atoms with van der Waals surface area (Å²) < 4.78 is 5.84. The van der Waals surface area contributed by atoms with E-state index in [2.05, 4.69) is 15.8 Å². The number of carbonyl (C=O) groups is 2. The van der Waals surface area contributed by atoms with Crippen LogP contribution in [0.1, 0.15) is 46.9 Å². The lowest BCUT2D eigenvalue weighted by Crippen LogP contribution is -2.29. The van der Waals surface area contributed by atoms with Crippen molar-refractivity contribution in [3.63, 3.8) is 0 Å². The van der Waals surface area contributed by atoms with Gasteiger partial charge in [0.2, 0.25) is 0 Å². The fourth-order valence-corrected chi connectivity index (χ4v) is 3.96. The van der Waals surface area contributed by atoms with Gasteiger partial charge in [0, 0.05) is 31.6 Å². The first-order chi connectivity index (χ1) is 14.6. The molecule has 3 N–H and O–H groups in total. The smallest absolute Gasteiger partial charge is 0.303 e. The maximum atomic E-state index is 12.8. The average Bonchev–Trinajstić information content (AvgIpc) is 3.44. The molecule has 2 aliphatic heterocycles. The molecule has 1 aromatic heterocycles. The summed E-state index contributed by atoms with van der Waals surface area (Å²) >= 11 is 0. The first kappa shape index (κ1) is 20.3. The van der Waals surface area contributed by atoms with Crippen molar-refractivity contribution in [2.24, 2.45) is 5.92 Å². The number of hydrogen-bond acceptors (Lipinski definition) is 6. The molecule has 4 rings (SSSR count). The number of hydrogen-bond donors (Lipinski definition) is 3. The molecule has 0 saturated carbocycles. The maximum absolute atomic E-state index is 12.8. The van der Waals surface area contributed by atoms with Gasteiger partial charge in [-0.25, -0.2) is 5.43 Å². The summed E-state index contributed by atoms with van der Waals surface area (Å²) in [5.41, 5.74) is 8.75. The van der Waals surface area contributed by atoms with Crippen molar-refractivity contribution in [3.05, 3.63) is 59.4 Å². The Bertz CT molecular complexity index is 896. The summed E-state index contributed by atoms with van der Waals surface area (Å²) in [6, 6.07) is 11.5. The van der Waals surface area contributed by atoms with Crippen molar-refractivity contribution >= 4 is 11.9 Å². The zero-order valence-electron chi connectivity index (χ0n) is 16.7. The second kappa shape index (κ2) is 9.23. The highest BCUT2D eigenvalue weighted by atomic mass is 16.5. The fraction of sp³-hybridized carbons (Fsp3) is 0.409. The van der Waals surface area contributed by atoms with Crippen LogP contribution in [-0.2, 0) is 11.4 Å². The standard InChI is InChI=1S/C22H26N4O4/c27-21(28)11-15-7-9-26(13-15)22(29)17-3-1-2-16(10-17)14-30-18-4-5-19(23-12-18)20-6-8-24-25-20/h1-5,10,12,15,20,24-25H,6-9,11,13-14H2,(H,27,28)/t15-,20?/m1/s1. The third-order valence-electron chi connectivity index (χ3n) is 5.57. The van der Waals surface area contributed by atoms with Crippen LogP contribution in [0.4, 0.5) is 0 Å². The van der Waals surface area contributed by atoms with Gasteiger partial charge in [-0.3, -0.25) is 20.0 Å². The minimum absolute atomic E-state index is 0.0312. The molecule has 1 unspecified atom stereocenters. The summed E-state index contributed by atoms with van der Waals surface area (Å²) in [5, 5.41) is 8.95. The lowest BCUT2D eigenvalue weighted by atomic mass is 10.1. The summed E-state index contributed by atoms with van der Waals surface area (Å²) in [7, 11) is 0. The van der Waals surface area contributed by atoms with Crippen LogP contribution >= 0.6 is 0 Å². The molecule has 30 heavy (non-hydrogen) atoms. The molecule has 1 amide bonds. The maximum Gasteiger partial charge on any atom is 0.303 e. The number of benzene rings is 1. The van der Waals surface area contributed by atoms with Gasteiger partial charge < -0.3 is 14.7 Å². The monoisotopic (exact) mass is 410 g/mol. The molecule has 0 bridgehead atoms. The summed E-state index contributed by atoms with van der Waals surface area (Å²) in [6.45, 7) is 2.36. The number of nitrogens with zero attached hydrogens (tertiary/aromatic N) is 2. The van der Waals surface area contributed by atoms with Crippen LogP contribution in [0.2, 0.25) is 0 Å². The van der Waals surface area contributed by atoms with E-state index >= 15 is 0 Å². The summed E-state index contributed by atoms with van der Waals surface area (Å²) in [6.07, 6.45) is 3.56. The molecule has 0 aliphatic carbocycles. The predicted octanol–water partition coefficient (Wildman–Crippen LogP) is 2.14. The first-order valence-corrected chi connectivity index (χ1v) is 10.3. The van der Waals surface area contributed by atoms with E-state index in [4.69, 9.17) is 9.84 Å². The van der Waals surface area contributed by atoms with Crippen LogP contribution in [0.3, 0.4) is 0 Å². The van der Waals surface area contributed by atoms with E-state index < -0.39 is 5.97 Å². The van der Waals surface area contributed by atoms with Crippen LogP contribution in [0.25, 0.3) is 0 Å². The number of aromatic nitrogens is 1. The number of carbonyl (C=O) groups excluding carboxylic acids is 1. The van der Waals surface area contributed by atoms with Crippen LogP contribution in [-0.4, -0.2) is 46.5 Å². The molecule has 8 heteroatoms.